The zero-order valence-corrected chi connectivity index (χ0v) is 12.5. The van der Waals surface area contributed by atoms with Gasteiger partial charge in [0.15, 0.2) is 5.58 Å². The van der Waals surface area contributed by atoms with Gasteiger partial charge in [0.1, 0.15) is 5.52 Å². The minimum Gasteiger partial charge on any atom is -0.424 e. The highest BCUT2D eigenvalue weighted by Crippen LogP contribution is 2.18. The molecule has 114 valence electrons. The van der Waals surface area contributed by atoms with E-state index < -0.39 is 0 Å². The van der Waals surface area contributed by atoms with E-state index in [-0.39, 0.29) is 0 Å². The average molecular weight is 304 g/mol. The van der Waals surface area contributed by atoms with Gasteiger partial charge in [-0.15, -0.1) is 0 Å². The third-order valence-corrected chi connectivity index (χ3v) is 3.65. The standard InChI is InChI=1S/C18H16N4O/c1-2-7-17-16(6-1)21-18(23-17)20-11-14-4-3-5-15(10-14)12-22-9-8-19-13-22/h1-10,13H,11-12H2,(H,20,21). The Hall–Kier alpha value is -3.08. The van der Waals surface area contributed by atoms with Crippen LogP contribution in [0.25, 0.3) is 11.1 Å². The highest BCUT2D eigenvalue weighted by molar-refractivity contribution is 5.74. The summed E-state index contributed by atoms with van der Waals surface area (Å²) in [5.74, 6) is 0. The van der Waals surface area contributed by atoms with Crippen molar-refractivity contribution in [3.8, 4) is 0 Å². The zero-order chi connectivity index (χ0) is 15.5. The van der Waals surface area contributed by atoms with Gasteiger partial charge in [-0.2, -0.15) is 4.98 Å². The second-order valence-corrected chi connectivity index (χ2v) is 5.40. The normalized spacial score (nSPS) is 11.0. The number of aromatic nitrogens is 3. The second kappa shape index (κ2) is 5.96. The molecule has 0 bridgehead atoms. The summed E-state index contributed by atoms with van der Waals surface area (Å²) < 4.78 is 7.72. The van der Waals surface area contributed by atoms with Crippen LogP contribution in [0.15, 0.2) is 71.7 Å². The van der Waals surface area contributed by atoms with Crippen molar-refractivity contribution >= 4 is 17.1 Å². The fourth-order valence-electron chi connectivity index (χ4n) is 2.55. The Bertz CT molecular complexity index is 879. The predicted octanol–water partition coefficient (Wildman–Crippen LogP) is 3.68. The van der Waals surface area contributed by atoms with Gasteiger partial charge in [-0.25, -0.2) is 4.98 Å². The van der Waals surface area contributed by atoms with Gasteiger partial charge in [0.2, 0.25) is 0 Å². The van der Waals surface area contributed by atoms with Crippen LogP contribution in [0.1, 0.15) is 11.1 Å². The second-order valence-electron chi connectivity index (χ2n) is 5.40. The molecule has 0 aliphatic rings. The van der Waals surface area contributed by atoms with Crippen molar-refractivity contribution in [3.63, 3.8) is 0 Å². The van der Waals surface area contributed by atoms with E-state index in [1.165, 1.54) is 11.1 Å². The molecule has 5 nitrogen and oxygen atoms in total. The molecule has 5 heteroatoms. The molecule has 2 aromatic carbocycles. The smallest absolute Gasteiger partial charge is 0.295 e. The summed E-state index contributed by atoms with van der Waals surface area (Å²) in [6.07, 6.45) is 5.57. The highest BCUT2D eigenvalue weighted by Gasteiger charge is 2.04. The van der Waals surface area contributed by atoms with Crippen LogP contribution in [0.5, 0.6) is 0 Å². The minimum absolute atomic E-state index is 0.547. The number of fused-ring (bicyclic) bond motifs is 1. The monoisotopic (exact) mass is 304 g/mol. The van der Waals surface area contributed by atoms with E-state index in [9.17, 15) is 0 Å². The number of oxazole rings is 1. The number of nitrogens with one attached hydrogen (secondary N) is 1. The quantitative estimate of drug-likeness (QED) is 0.611. The lowest BCUT2D eigenvalue weighted by Crippen LogP contribution is -2.02. The lowest BCUT2D eigenvalue weighted by molar-refractivity contribution is 0.614. The molecule has 2 aromatic heterocycles. The maximum Gasteiger partial charge on any atom is 0.295 e. The van der Waals surface area contributed by atoms with Crippen molar-refractivity contribution in [2.45, 2.75) is 13.1 Å². The molecule has 0 atom stereocenters. The van der Waals surface area contributed by atoms with E-state index in [0.29, 0.717) is 12.6 Å². The van der Waals surface area contributed by atoms with Crippen LogP contribution in [0.3, 0.4) is 0 Å². The van der Waals surface area contributed by atoms with Gasteiger partial charge < -0.3 is 14.3 Å². The number of imidazole rings is 1. The number of anilines is 1. The van der Waals surface area contributed by atoms with E-state index in [4.69, 9.17) is 4.42 Å². The van der Waals surface area contributed by atoms with Crippen LogP contribution in [-0.2, 0) is 13.1 Å². The molecule has 0 saturated heterocycles. The maximum atomic E-state index is 5.67. The van der Waals surface area contributed by atoms with Crippen LogP contribution in [-0.4, -0.2) is 14.5 Å². The van der Waals surface area contributed by atoms with Gasteiger partial charge in [-0.05, 0) is 23.3 Å². The first-order valence-corrected chi connectivity index (χ1v) is 7.50. The molecule has 0 fully saturated rings. The van der Waals surface area contributed by atoms with Crippen molar-refractivity contribution in [1.82, 2.24) is 14.5 Å². The molecule has 4 rings (SSSR count). The van der Waals surface area contributed by atoms with Crippen LogP contribution < -0.4 is 5.32 Å². The number of benzene rings is 2. The molecular formula is C18H16N4O. The molecule has 0 saturated carbocycles. The molecule has 1 N–H and O–H groups in total. The Kier molecular flexibility index (Phi) is 3.52. The van der Waals surface area contributed by atoms with Gasteiger partial charge in [-0.1, -0.05) is 36.4 Å². The largest absolute Gasteiger partial charge is 0.424 e. The summed E-state index contributed by atoms with van der Waals surface area (Å²) in [4.78, 5) is 8.49. The molecule has 0 amide bonds. The third-order valence-electron chi connectivity index (χ3n) is 3.65. The number of rotatable bonds is 5. The molecule has 0 radical (unpaired) electrons. The van der Waals surface area contributed by atoms with Crippen LogP contribution >= 0.6 is 0 Å². The van der Waals surface area contributed by atoms with E-state index >= 15 is 0 Å². The van der Waals surface area contributed by atoms with E-state index in [0.717, 1.165) is 17.6 Å². The lowest BCUT2D eigenvalue weighted by atomic mass is 10.1. The van der Waals surface area contributed by atoms with Crippen LogP contribution in [0, 0.1) is 0 Å². The Balaban J connectivity index is 1.46. The first-order chi connectivity index (χ1) is 11.4. The number of hydrogen-bond donors (Lipinski definition) is 1. The number of nitrogens with zero attached hydrogens (tertiary/aromatic N) is 3. The molecule has 0 spiro atoms. The average Bonchev–Trinajstić information content (AvgIpc) is 3.22. The Labute approximate surface area is 133 Å². The highest BCUT2D eigenvalue weighted by atomic mass is 16.4. The first kappa shape index (κ1) is 13.6. The Morgan fingerprint density at radius 3 is 2.83 bits per heavy atom. The molecule has 0 aliphatic heterocycles. The Morgan fingerprint density at radius 2 is 1.96 bits per heavy atom. The fraction of sp³-hybridized carbons (Fsp3) is 0.111. The van der Waals surface area contributed by atoms with Crippen molar-refractivity contribution in [2.75, 3.05) is 5.32 Å². The van der Waals surface area contributed by atoms with E-state index in [1.54, 1.807) is 6.20 Å². The molecule has 23 heavy (non-hydrogen) atoms. The van der Waals surface area contributed by atoms with Crippen LogP contribution in [0.2, 0.25) is 0 Å². The van der Waals surface area contributed by atoms with Gasteiger partial charge in [0, 0.05) is 25.5 Å². The van der Waals surface area contributed by atoms with Gasteiger partial charge in [-0.3, -0.25) is 0 Å². The van der Waals surface area contributed by atoms with E-state index in [2.05, 4.69) is 39.6 Å². The zero-order valence-electron chi connectivity index (χ0n) is 12.5. The number of hydrogen-bond acceptors (Lipinski definition) is 4. The van der Waals surface area contributed by atoms with Gasteiger partial charge in [0.25, 0.3) is 6.01 Å². The summed E-state index contributed by atoms with van der Waals surface area (Å²) in [5, 5.41) is 3.24. The maximum absolute atomic E-state index is 5.67. The molecule has 2 heterocycles. The predicted molar refractivity (Wildman–Crippen MR) is 89.1 cm³/mol. The fourth-order valence-corrected chi connectivity index (χ4v) is 2.55. The Morgan fingerprint density at radius 1 is 1.04 bits per heavy atom. The topological polar surface area (TPSA) is 55.9 Å². The van der Waals surface area contributed by atoms with Crippen molar-refractivity contribution in [3.05, 3.63) is 78.4 Å². The third kappa shape index (κ3) is 3.08. The van der Waals surface area contributed by atoms with Gasteiger partial charge in [0.05, 0.1) is 6.33 Å². The lowest BCUT2D eigenvalue weighted by Gasteiger charge is -2.06. The minimum atomic E-state index is 0.547. The molecule has 0 unspecified atom stereocenters. The van der Waals surface area contributed by atoms with Crippen LogP contribution in [0.4, 0.5) is 6.01 Å². The van der Waals surface area contributed by atoms with E-state index in [1.807, 2.05) is 41.4 Å². The molecular weight excluding hydrogens is 288 g/mol. The number of para-hydroxylation sites is 2. The summed E-state index contributed by atoms with van der Waals surface area (Å²) in [5.41, 5.74) is 4.08. The summed E-state index contributed by atoms with van der Waals surface area (Å²) in [6, 6.07) is 16.7. The summed E-state index contributed by atoms with van der Waals surface area (Å²) in [6.45, 7) is 1.49. The first-order valence-electron chi connectivity index (χ1n) is 7.50. The summed E-state index contributed by atoms with van der Waals surface area (Å²) >= 11 is 0. The molecule has 4 aromatic rings. The SMILES string of the molecule is c1cc(CNc2nc3ccccc3o2)cc(Cn2ccnc2)c1. The summed E-state index contributed by atoms with van der Waals surface area (Å²) in [7, 11) is 0. The van der Waals surface area contributed by atoms with Gasteiger partial charge >= 0.3 is 0 Å². The van der Waals surface area contributed by atoms with Crippen molar-refractivity contribution in [2.24, 2.45) is 0 Å². The van der Waals surface area contributed by atoms with Crippen molar-refractivity contribution in [1.29, 1.82) is 0 Å². The molecule has 0 aliphatic carbocycles. The van der Waals surface area contributed by atoms with Crippen molar-refractivity contribution < 1.29 is 4.42 Å².